The summed E-state index contributed by atoms with van der Waals surface area (Å²) in [5.41, 5.74) is 4.69. The Morgan fingerprint density at radius 2 is 1.85 bits per heavy atom. The first-order valence-corrected chi connectivity index (χ1v) is 11.4. The summed E-state index contributed by atoms with van der Waals surface area (Å²) in [6, 6.07) is 14.8. The van der Waals surface area contributed by atoms with E-state index in [0.29, 0.717) is 32.9 Å². The van der Waals surface area contributed by atoms with Gasteiger partial charge >= 0.3 is 0 Å². The normalized spacial score (nSPS) is 11.5. The van der Waals surface area contributed by atoms with Crippen molar-refractivity contribution in [2.24, 2.45) is 4.99 Å². The molecule has 0 aliphatic rings. The van der Waals surface area contributed by atoms with Crippen molar-refractivity contribution < 1.29 is 9.47 Å². The lowest BCUT2D eigenvalue weighted by atomic mass is 10.1. The first-order chi connectivity index (χ1) is 16.1. The predicted octanol–water partition coefficient (Wildman–Crippen LogP) is 3.83. The molecule has 3 aromatic rings. The lowest BCUT2D eigenvalue weighted by molar-refractivity contribution is 0.110. The van der Waals surface area contributed by atoms with Gasteiger partial charge in [0.25, 0.3) is 0 Å². The van der Waals surface area contributed by atoms with Gasteiger partial charge in [-0.05, 0) is 43.5 Å². The highest BCUT2D eigenvalue weighted by molar-refractivity contribution is 5.79. The standard InChI is InChI=1S/C26H35N5O2/c1-5-32-13-14-33-25-15-20(2)9-10-24(25)18-30-26(27-4)29-17-22-7-6-8-23(16-22)19-31-12-11-28-21(31)3/h6-12,15-16H,5,13-14,17-19H2,1-4H3,(H2,27,29,30). The lowest BCUT2D eigenvalue weighted by Crippen LogP contribution is -2.36. The Kier molecular flexibility index (Phi) is 9.32. The molecule has 0 unspecified atom stereocenters. The minimum atomic E-state index is 0.534. The number of rotatable bonds is 11. The van der Waals surface area contributed by atoms with Gasteiger partial charge in [-0.3, -0.25) is 4.99 Å². The number of hydrogen-bond acceptors (Lipinski definition) is 4. The zero-order valence-corrected chi connectivity index (χ0v) is 20.1. The highest BCUT2D eigenvalue weighted by Gasteiger charge is 2.07. The maximum absolute atomic E-state index is 5.95. The average Bonchev–Trinajstić information content (AvgIpc) is 3.22. The van der Waals surface area contributed by atoms with Gasteiger partial charge in [-0.25, -0.2) is 4.98 Å². The van der Waals surface area contributed by atoms with Crippen LogP contribution in [0, 0.1) is 13.8 Å². The van der Waals surface area contributed by atoms with Crippen LogP contribution in [0.1, 0.15) is 35.0 Å². The molecular formula is C26H35N5O2. The van der Waals surface area contributed by atoms with Crippen LogP contribution in [0.3, 0.4) is 0 Å². The monoisotopic (exact) mass is 449 g/mol. The molecule has 33 heavy (non-hydrogen) atoms. The number of aliphatic imine (C=N–C) groups is 1. The van der Waals surface area contributed by atoms with Crippen LogP contribution in [-0.2, 0) is 24.4 Å². The second kappa shape index (κ2) is 12.6. The molecule has 0 amide bonds. The highest BCUT2D eigenvalue weighted by atomic mass is 16.5. The fourth-order valence-corrected chi connectivity index (χ4v) is 3.49. The zero-order chi connectivity index (χ0) is 23.5. The van der Waals surface area contributed by atoms with E-state index in [-0.39, 0.29) is 0 Å². The Labute approximate surface area is 196 Å². The summed E-state index contributed by atoms with van der Waals surface area (Å²) in [5.74, 6) is 2.63. The van der Waals surface area contributed by atoms with Gasteiger partial charge in [-0.15, -0.1) is 0 Å². The van der Waals surface area contributed by atoms with Crippen molar-refractivity contribution in [1.82, 2.24) is 20.2 Å². The van der Waals surface area contributed by atoms with Gasteiger partial charge < -0.3 is 24.7 Å². The fourth-order valence-electron chi connectivity index (χ4n) is 3.49. The van der Waals surface area contributed by atoms with Crippen LogP contribution < -0.4 is 15.4 Å². The third-order valence-corrected chi connectivity index (χ3v) is 5.31. The quantitative estimate of drug-likeness (QED) is 0.264. The number of hydrogen-bond donors (Lipinski definition) is 2. The van der Waals surface area contributed by atoms with E-state index in [1.165, 1.54) is 16.7 Å². The molecule has 2 aromatic carbocycles. The van der Waals surface area contributed by atoms with Crippen molar-refractivity contribution in [3.63, 3.8) is 0 Å². The summed E-state index contributed by atoms with van der Waals surface area (Å²) in [6.07, 6.45) is 3.84. The first-order valence-electron chi connectivity index (χ1n) is 11.4. The molecule has 0 saturated carbocycles. The molecule has 7 nitrogen and oxygen atoms in total. The van der Waals surface area contributed by atoms with Gasteiger partial charge in [0.05, 0.1) is 6.61 Å². The van der Waals surface area contributed by atoms with Crippen LogP contribution in [0.2, 0.25) is 0 Å². The Hall–Kier alpha value is -3.32. The van der Waals surface area contributed by atoms with Crippen molar-refractivity contribution in [2.45, 2.75) is 40.4 Å². The number of aromatic nitrogens is 2. The van der Waals surface area contributed by atoms with Crippen LogP contribution in [0.5, 0.6) is 5.75 Å². The topological polar surface area (TPSA) is 72.7 Å². The molecule has 176 valence electrons. The molecule has 2 N–H and O–H groups in total. The largest absolute Gasteiger partial charge is 0.491 e. The molecule has 0 atom stereocenters. The number of nitrogens with one attached hydrogen (secondary N) is 2. The van der Waals surface area contributed by atoms with Crippen LogP contribution in [-0.4, -0.2) is 42.4 Å². The molecule has 0 spiro atoms. The van der Waals surface area contributed by atoms with Gasteiger partial charge in [0, 0.05) is 51.2 Å². The predicted molar refractivity (Wildman–Crippen MR) is 133 cm³/mol. The molecule has 0 bridgehead atoms. The SMILES string of the molecule is CCOCCOc1cc(C)ccc1CNC(=NC)NCc1cccc(Cn2ccnc2C)c1. The van der Waals surface area contributed by atoms with Gasteiger partial charge in [-0.2, -0.15) is 0 Å². The second-order valence-corrected chi connectivity index (χ2v) is 7.86. The fraction of sp³-hybridized carbons (Fsp3) is 0.385. The minimum Gasteiger partial charge on any atom is -0.491 e. The summed E-state index contributed by atoms with van der Waals surface area (Å²) in [7, 11) is 1.78. The molecule has 0 aliphatic carbocycles. The maximum Gasteiger partial charge on any atom is 0.191 e. The van der Waals surface area contributed by atoms with Gasteiger partial charge in [-0.1, -0.05) is 36.4 Å². The van der Waals surface area contributed by atoms with E-state index in [2.05, 4.69) is 74.6 Å². The molecular weight excluding hydrogens is 414 g/mol. The van der Waals surface area contributed by atoms with Gasteiger partial charge in [0.2, 0.25) is 0 Å². The third kappa shape index (κ3) is 7.64. The minimum absolute atomic E-state index is 0.534. The van der Waals surface area contributed by atoms with E-state index in [1.807, 2.05) is 26.2 Å². The van der Waals surface area contributed by atoms with E-state index in [4.69, 9.17) is 9.47 Å². The number of benzene rings is 2. The van der Waals surface area contributed by atoms with Crippen LogP contribution >= 0.6 is 0 Å². The average molecular weight is 450 g/mol. The van der Waals surface area contributed by atoms with Crippen LogP contribution in [0.4, 0.5) is 0 Å². The van der Waals surface area contributed by atoms with Gasteiger partial charge in [0.1, 0.15) is 18.2 Å². The highest BCUT2D eigenvalue weighted by Crippen LogP contribution is 2.20. The molecule has 1 heterocycles. The number of nitrogens with zero attached hydrogens (tertiary/aromatic N) is 3. The molecule has 3 rings (SSSR count). The summed E-state index contributed by atoms with van der Waals surface area (Å²) in [5, 5.41) is 6.79. The maximum atomic E-state index is 5.95. The number of ether oxygens (including phenoxy) is 2. The molecule has 0 saturated heterocycles. The van der Waals surface area contributed by atoms with Crippen molar-refractivity contribution in [3.8, 4) is 5.75 Å². The first kappa shape index (κ1) is 24.3. The molecule has 1 aromatic heterocycles. The van der Waals surface area contributed by atoms with Crippen molar-refractivity contribution in [2.75, 3.05) is 26.9 Å². The van der Waals surface area contributed by atoms with Gasteiger partial charge in [0.15, 0.2) is 5.96 Å². The smallest absolute Gasteiger partial charge is 0.191 e. The zero-order valence-electron chi connectivity index (χ0n) is 20.1. The summed E-state index contributed by atoms with van der Waals surface area (Å²) >= 11 is 0. The summed E-state index contributed by atoms with van der Waals surface area (Å²) in [4.78, 5) is 8.67. The Balaban J connectivity index is 1.54. The van der Waals surface area contributed by atoms with Crippen molar-refractivity contribution >= 4 is 5.96 Å². The van der Waals surface area contributed by atoms with Crippen molar-refractivity contribution in [1.29, 1.82) is 0 Å². The molecule has 7 heteroatoms. The molecule has 0 radical (unpaired) electrons. The summed E-state index contributed by atoms with van der Waals surface area (Å²) < 4.78 is 13.5. The van der Waals surface area contributed by atoms with E-state index in [9.17, 15) is 0 Å². The van der Waals surface area contributed by atoms with Crippen LogP contribution in [0.25, 0.3) is 0 Å². The second-order valence-electron chi connectivity index (χ2n) is 7.86. The summed E-state index contributed by atoms with van der Waals surface area (Å²) in [6.45, 7) is 9.99. The lowest BCUT2D eigenvalue weighted by Gasteiger charge is -2.16. The number of guanidine groups is 1. The number of imidazole rings is 1. The van der Waals surface area contributed by atoms with E-state index in [1.54, 1.807) is 7.05 Å². The molecule has 0 fully saturated rings. The van der Waals surface area contributed by atoms with E-state index in [0.717, 1.165) is 29.6 Å². The Morgan fingerprint density at radius 3 is 2.61 bits per heavy atom. The van der Waals surface area contributed by atoms with Crippen LogP contribution in [0.15, 0.2) is 59.9 Å². The van der Waals surface area contributed by atoms with E-state index < -0.39 is 0 Å². The third-order valence-electron chi connectivity index (χ3n) is 5.31. The van der Waals surface area contributed by atoms with Crippen molar-refractivity contribution in [3.05, 3.63) is 82.9 Å². The Morgan fingerprint density at radius 1 is 1.03 bits per heavy atom. The van der Waals surface area contributed by atoms with E-state index >= 15 is 0 Å². The Bertz CT molecular complexity index is 1040. The number of aryl methyl sites for hydroxylation is 2. The molecule has 0 aliphatic heterocycles.